The molecule has 2 atom stereocenters. The summed E-state index contributed by atoms with van der Waals surface area (Å²) in [6, 6.07) is 10.4. The number of rotatable bonds is 3. The predicted octanol–water partition coefficient (Wildman–Crippen LogP) is 3.44. The van der Waals surface area contributed by atoms with Crippen LogP contribution < -0.4 is 0 Å². The van der Waals surface area contributed by atoms with E-state index < -0.39 is 0 Å². The third kappa shape index (κ3) is 2.91. The molecule has 2 unspecified atom stereocenters. The zero-order valence-corrected chi connectivity index (χ0v) is 13.0. The summed E-state index contributed by atoms with van der Waals surface area (Å²) >= 11 is 0. The Balaban J connectivity index is 1.72. The van der Waals surface area contributed by atoms with E-state index in [1.54, 1.807) is 0 Å². The van der Waals surface area contributed by atoms with Crippen LogP contribution in [0.2, 0.25) is 0 Å². The molecule has 0 amide bonds. The van der Waals surface area contributed by atoms with Gasteiger partial charge in [-0.2, -0.15) is 0 Å². The van der Waals surface area contributed by atoms with Crippen LogP contribution in [0.1, 0.15) is 43.7 Å². The molecule has 2 aliphatic rings. The van der Waals surface area contributed by atoms with Crippen LogP contribution in [-0.4, -0.2) is 41.5 Å². The fourth-order valence-electron chi connectivity index (χ4n) is 3.90. The Morgan fingerprint density at radius 1 is 1.15 bits per heavy atom. The third-order valence-corrected chi connectivity index (χ3v) is 5.26. The molecular formula is C18H28N2. The Morgan fingerprint density at radius 3 is 2.80 bits per heavy atom. The summed E-state index contributed by atoms with van der Waals surface area (Å²) in [5.74, 6) is 0. The molecule has 2 nitrogen and oxygen atoms in total. The molecular weight excluding hydrogens is 244 g/mol. The predicted molar refractivity (Wildman–Crippen MR) is 84.9 cm³/mol. The maximum Gasteiger partial charge on any atom is 0.0240 e. The summed E-state index contributed by atoms with van der Waals surface area (Å²) < 4.78 is 0. The van der Waals surface area contributed by atoms with Crippen LogP contribution in [0.25, 0.3) is 0 Å². The zero-order chi connectivity index (χ0) is 13.9. The van der Waals surface area contributed by atoms with E-state index in [9.17, 15) is 0 Å². The molecule has 0 aromatic heterocycles. The Labute approximate surface area is 123 Å². The molecule has 0 aliphatic carbocycles. The lowest BCUT2D eigenvalue weighted by molar-refractivity contribution is 0.00319. The van der Waals surface area contributed by atoms with Crippen LogP contribution in [0.15, 0.2) is 24.3 Å². The molecule has 2 fully saturated rings. The van der Waals surface area contributed by atoms with Gasteiger partial charge in [-0.05, 0) is 43.9 Å². The third-order valence-electron chi connectivity index (χ3n) is 5.26. The van der Waals surface area contributed by atoms with Gasteiger partial charge in [-0.15, -0.1) is 0 Å². The number of hydrogen-bond acceptors (Lipinski definition) is 2. The van der Waals surface area contributed by atoms with Crippen molar-refractivity contribution in [3.05, 3.63) is 35.4 Å². The molecule has 0 radical (unpaired) electrons. The number of fused-ring (bicyclic) bond motifs is 1. The van der Waals surface area contributed by atoms with Crippen LogP contribution in [0.4, 0.5) is 0 Å². The first-order valence-electron chi connectivity index (χ1n) is 8.30. The van der Waals surface area contributed by atoms with E-state index in [1.807, 2.05) is 0 Å². The van der Waals surface area contributed by atoms with Crippen molar-refractivity contribution in [2.75, 3.05) is 19.6 Å². The van der Waals surface area contributed by atoms with Crippen molar-refractivity contribution in [1.82, 2.24) is 9.80 Å². The van der Waals surface area contributed by atoms with E-state index in [-0.39, 0.29) is 0 Å². The van der Waals surface area contributed by atoms with Gasteiger partial charge >= 0.3 is 0 Å². The quantitative estimate of drug-likeness (QED) is 0.831. The first kappa shape index (κ1) is 14.1. The fraction of sp³-hybridized carbons (Fsp3) is 0.667. The van der Waals surface area contributed by atoms with Crippen molar-refractivity contribution in [3.8, 4) is 0 Å². The first-order valence-corrected chi connectivity index (χ1v) is 8.30. The molecule has 1 aromatic rings. The monoisotopic (exact) mass is 272 g/mol. The number of nitrogens with zero attached hydrogens (tertiary/aromatic N) is 2. The maximum atomic E-state index is 2.76. The minimum absolute atomic E-state index is 0.740. The highest BCUT2D eigenvalue weighted by Crippen LogP contribution is 2.26. The van der Waals surface area contributed by atoms with E-state index in [4.69, 9.17) is 0 Å². The first-order chi connectivity index (χ1) is 9.78. The lowest BCUT2D eigenvalue weighted by Gasteiger charge is -2.48. The Kier molecular flexibility index (Phi) is 4.42. The van der Waals surface area contributed by atoms with Crippen molar-refractivity contribution in [2.45, 2.75) is 58.2 Å². The largest absolute Gasteiger partial charge is 0.298 e. The maximum absolute atomic E-state index is 2.76. The standard InChI is InChI=1S/C18H28N2/c1-3-17-13-19-11-7-6-10-18(19)14-20(17)12-16-9-5-4-8-15(16)2/h4-5,8-9,17-18H,3,6-7,10-14H2,1-2H3. The van der Waals surface area contributed by atoms with Crippen LogP contribution in [0, 0.1) is 6.92 Å². The van der Waals surface area contributed by atoms with Gasteiger partial charge in [-0.1, -0.05) is 37.6 Å². The minimum Gasteiger partial charge on any atom is -0.298 e. The SMILES string of the molecule is CCC1CN2CCCCC2CN1Cc1ccccc1C. The Hall–Kier alpha value is -0.860. The van der Waals surface area contributed by atoms with Gasteiger partial charge < -0.3 is 0 Å². The van der Waals surface area contributed by atoms with Gasteiger partial charge in [0.15, 0.2) is 0 Å². The number of hydrogen-bond donors (Lipinski definition) is 0. The Morgan fingerprint density at radius 2 is 2.00 bits per heavy atom. The molecule has 0 spiro atoms. The van der Waals surface area contributed by atoms with Crippen molar-refractivity contribution in [2.24, 2.45) is 0 Å². The van der Waals surface area contributed by atoms with Gasteiger partial charge in [0.25, 0.3) is 0 Å². The van der Waals surface area contributed by atoms with Crippen LogP contribution >= 0.6 is 0 Å². The molecule has 1 aromatic carbocycles. The normalized spacial score (nSPS) is 28.3. The lowest BCUT2D eigenvalue weighted by Crippen LogP contribution is -2.58. The molecule has 2 saturated heterocycles. The van der Waals surface area contributed by atoms with Gasteiger partial charge in [0.2, 0.25) is 0 Å². The topological polar surface area (TPSA) is 6.48 Å². The molecule has 20 heavy (non-hydrogen) atoms. The molecule has 0 bridgehead atoms. The second-order valence-corrected chi connectivity index (χ2v) is 6.56. The highest BCUT2D eigenvalue weighted by Gasteiger charge is 2.33. The highest BCUT2D eigenvalue weighted by atomic mass is 15.3. The van der Waals surface area contributed by atoms with E-state index in [2.05, 4.69) is 47.9 Å². The highest BCUT2D eigenvalue weighted by molar-refractivity contribution is 5.25. The molecule has 0 N–H and O–H groups in total. The molecule has 2 heterocycles. The van der Waals surface area contributed by atoms with E-state index in [0.717, 1.165) is 18.6 Å². The van der Waals surface area contributed by atoms with Gasteiger partial charge in [0.05, 0.1) is 0 Å². The van der Waals surface area contributed by atoms with Gasteiger partial charge in [0.1, 0.15) is 0 Å². The summed E-state index contributed by atoms with van der Waals surface area (Å²) in [7, 11) is 0. The van der Waals surface area contributed by atoms with Crippen LogP contribution in [0.5, 0.6) is 0 Å². The molecule has 3 rings (SSSR count). The van der Waals surface area contributed by atoms with E-state index in [0.29, 0.717) is 0 Å². The average molecular weight is 272 g/mol. The fourth-order valence-corrected chi connectivity index (χ4v) is 3.90. The van der Waals surface area contributed by atoms with Crippen molar-refractivity contribution >= 4 is 0 Å². The summed E-state index contributed by atoms with van der Waals surface area (Å²) in [5, 5.41) is 0. The van der Waals surface area contributed by atoms with Crippen LogP contribution in [-0.2, 0) is 6.54 Å². The summed E-state index contributed by atoms with van der Waals surface area (Å²) in [6.07, 6.45) is 5.51. The lowest BCUT2D eigenvalue weighted by atomic mass is 9.95. The van der Waals surface area contributed by atoms with Crippen molar-refractivity contribution in [1.29, 1.82) is 0 Å². The number of piperidine rings is 1. The van der Waals surface area contributed by atoms with Gasteiger partial charge in [-0.25, -0.2) is 0 Å². The van der Waals surface area contributed by atoms with Crippen molar-refractivity contribution < 1.29 is 0 Å². The number of benzene rings is 1. The van der Waals surface area contributed by atoms with E-state index in [1.165, 1.54) is 56.4 Å². The molecule has 110 valence electrons. The number of piperazine rings is 1. The number of aryl methyl sites for hydroxylation is 1. The zero-order valence-electron chi connectivity index (χ0n) is 13.0. The minimum atomic E-state index is 0.740. The smallest absolute Gasteiger partial charge is 0.0240 e. The summed E-state index contributed by atoms with van der Waals surface area (Å²) in [4.78, 5) is 5.50. The second-order valence-electron chi connectivity index (χ2n) is 6.56. The van der Waals surface area contributed by atoms with Gasteiger partial charge in [-0.3, -0.25) is 9.80 Å². The Bertz CT molecular complexity index is 443. The van der Waals surface area contributed by atoms with Gasteiger partial charge in [0, 0.05) is 31.7 Å². The summed E-state index contributed by atoms with van der Waals surface area (Å²) in [6.45, 7) is 9.61. The van der Waals surface area contributed by atoms with E-state index >= 15 is 0 Å². The average Bonchev–Trinajstić information content (AvgIpc) is 2.49. The molecule has 0 saturated carbocycles. The molecule has 2 heteroatoms. The van der Waals surface area contributed by atoms with Crippen molar-refractivity contribution in [3.63, 3.8) is 0 Å². The second kappa shape index (κ2) is 6.28. The van der Waals surface area contributed by atoms with Crippen LogP contribution in [0.3, 0.4) is 0 Å². The molecule has 2 aliphatic heterocycles. The summed E-state index contributed by atoms with van der Waals surface area (Å²) in [5.41, 5.74) is 2.95.